The monoisotopic (exact) mass is 267 g/mol. The average molecular weight is 267 g/mol. The topological polar surface area (TPSA) is 32.3 Å². The van der Waals surface area contributed by atoms with Gasteiger partial charge in [0.05, 0.1) is 12.1 Å². The third kappa shape index (κ3) is 4.30. The van der Waals surface area contributed by atoms with E-state index in [1.54, 1.807) is 0 Å². The van der Waals surface area contributed by atoms with E-state index >= 15 is 0 Å². The van der Waals surface area contributed by atoms with E-state index in [2.05, 4.69) is 38.2 Å². The third-order valence-corrected chi connectivity index (χ3v) is 3.94. The van der Waals surface area contributed by atoms with E-state index in [9.17, 15) is 5.11 Å². The van der Waals surface area contributed by atoms with Gasteiger partial charge in [-0.1, -0.05) is 37.3 Å². The van der Waals surface area contributed by atoms with Crippen molar-refractivity contribution in [1.82, 2.24) is 5.32 Å². The van der Waals surface area contributed by atoms with E-state index in [1.807, 2.05) is 30.0 Å². The predicted octanol–water partition coefficient (Wildman–Crippen LogP) is 3.02. The molecule has 0 aliphatic heterocycles. The summed E-state index contributed by atoms with van der Waals surface area (Å²) in [7, 11) is 0. The Kier molecular flexibility index (Phi) is 6.76. The van der Waals surface area contributed by atoms with Gasteiger partial charge >= 0.3 is 0 Å². The maximum Gasteiger partial charge on any atom is 0.0678 e. The summed E-state index contributed by atoms with van der Waals surface area (Å²) in [6.45, 7) is 6.56. The fourth-order valence-corrected chi connectivity index (χ4v) is 3.00. The second-order valence-electron chi connectivity index (χ2n) is 4.85. The number of benzene rings is 1. The summed E-state index contributed by atoms with van der Waals surface area (Å²) in [5, 5.41) is 13.5. The van der Waals surface area contributed by atoms with Crippen molar-refractivity contribution in [1.29, 1.82) is 0 Å². The largest absolute Gasteiger partial charge is 0.394 e. The Labute approximate surface area is 115 Å². The number of thioether (sulfide) groups is 1. The SMILES string of the molecule is CCSCCC(CO)(NC(C)C)c1ccccc1. The van der Waals surface area contributed by atoms with Crippen LogP contribution in [0, 0.1) is 0 Å². The molecule has 0 spiro atoms. The molecule has 0 aliphatic carbocycles. The highest BCUT2D eigenvalue weighted by Gasteiger charge is 2.31. The van der Waals surface area contributed by atoms with Crippen molar-refractivity contribution in [3.05, 3.63) is 35.9 Å². The van der Waals surface area contributed by atoms with Crippen LogP contribution in [-0.4, -0.2) is 29.3 Å². The molecule has 1 atom stereocenters. The number of aliphatic hydroxyl groups is 1. The van der Waals surface area contributed by atoms with Gasteiger partial charge in [-0.15, -0.1) is 0 Å². The van der Waals surface area contributed by atoms with Crippen molar-refractivity contribution in [3.8, 4) is 0 Å². The molecule has 0 amide bonds. The predicted molar refractivity (Wildman–Crippen MR) is 81.1 cm³/mol. The number of aliphatic hydroxyl groups excluding tert-OH is 1. The molecule has 2 N–H and O–H groups in total. The summed E-state index contributed by atoms with van der Waals surface area (Å²) < 4.78 is 0. The maximum absolute atomic E-state index is 9.91. The Balaban J connectivity index is 2.90. The second kappa shape index (κ2) is 7.82. The van der Waals surface area contributed by atoms with Crippen LogP contribution in [0.5, 0.6) is 0 Å². The van der Waals surface area contributed by atoms with Crippen LogP contribution in [-0.2, 0) is 5.54 Å². The summed E-state index contributed by atoms with van der Waals surface area (Å²) in [6, 6.07) is 10.6. The van der Waals surface area contributed by atoms with Crippen molar-refractivity contribution in [2.45, 2.75) is 38.8 Å². The molecule has 102 valence electrons. The average Bonchev–Trinajstić information content (AvgIpc) is 2.38. The highest BCUT2D eigenvalue weighted by molar-refractivity contribution is 7.99. The molecule has 0 saturated heterocycles. The van der Waals surface area contributed by atoms with Crippen molar-refractivity contribution >= 4 is 11.8 Å². The van der Waals surface area contributed by atoms with Crippen molar-refractivity contribution in [3.63, 3.8) is 0 Å². The Bertz CT molecular complexity index is 329. The van der Waals surface area contributed by atoms with Crippen LogP contribution in [0.2, 0.25) is 0 Å². The van der Waals surface area contributed by atoms with Crippen LogP contribution in [0.15, 0.2) is 30.3 Å². The fourth-order valence-electron chi connectivity index (χ4n) is 2.22. The maximum atomic E-state index is 9.91. The number of nitrogens with one attached hydrogen (secondary N) is 1. The van der Waals surface area contributed by atoms with Gasteiger partial charge in [0.1, 0.15) is 0 Å². The first-order valence-corrected chi connectivity index (χ1v) is 7.82. The molecular formula is C15H25NOS. The molecule has 1 rings (SSSR count). The molecule has 0 aliphatic rings. The first-order valence-electron chi connectivity index (χ1n) is 6.66. The lowest BCUT2D eigenvalue weighted by molar-refractivity contribution is 0.147. The molecule has 0 radical (unpaired) electrons. The lowest BCUT2D eigenvalue weighted by atomic mass is 9.87. The highest BCUT2D eigenvalue weighted by Crippen LogP contribution is 2.27. The van der Waals surface area contributed by atoms with Crippen molar-refractivity contribution in [2.75, 3.05) is 18.1 Å². The Hall–Kier alpha value is -0.510. The molecule has 2 nitrogen and oxygen atoms in total. The van der Waals surface area contributed by atoms with E-state index < -0.39 is 0 Å². The van der Waals surface area contributed by atoms with Crippen LogP contribution >= 0.6 is 11.8 Å². The third-order valence-electron chi connectivity index (χ3n) is 3.04. The molecule has 3 heteroatoms. The highest BCUT2D eigenvalue weighted by atomic mass is 32.2. The molecular weight excluding hydrogens is 242 g/mol. The van der Waals surface area contributed by atoms with E-state index in [0.717, 1.165) is 17.9 Å². The van der Waals surface area contributed by atoms with Gasteiger partial charge in [-0.3, -0.25) is 0 Å². The fraction of sp³-hybridized carbons (Fsp3) is 0.600. The first kappa shape index (κ1) is 15.5. The van der Waals surface area contributed by atoms with Crippen molar-refractivity contribution < 1.29 is 5.11 Å². The minimum absolute atomic E-state index is 0.138. The second-order valence-corrected chi connectivity index (χ2v) is 6.25. The molecule has 18 heavy (non-hydrogen) atoms. The van der Waals surface area contributed by atoms with Crippen LogP contribution < -0.4 is 5.32 Å². The Morgan fingerprint density at radius 3 is 2.44 bits per heavy atom. The molecule has 1 aromatic carbocycles. The summed E-state index contributed by atoms with van der Waals surface area (Å²) >= 11 is 1.92. The van der Waals surface area contributed by atoms with Crippen LogP contribution in [0.25, 0.3) is 0 Å². The lowest BCUT2D eigenvalue weighted by Gasteiger charge is -2.36. The molecule has 1 aromatic rings. The molecule has 0 saturated carbocycles. The number of hydrogen-bond acceptors (Lipinski definition) is 3. The van der Waals surface area contributed by atoms with Gasteiger partial charge in [0, 0.05) is 6.04 Å². The van der Waals surface area contributed by atoms with E-state index in [4.69, 9.17) is 0 Å². The van der Waals surface area contributed by atoms with E-state index in [1.165, 1.54) is 5.56 Å². The summed E-state index contributed by atoms with van der Waals surface area (Å²) in [5.41, 5.74) is 0.871. The summed E-state index contributed by atoms with van der Waals surface area (Å²) in [5.74, 6) is 2.18. The quantitative estimate of drug-likeness (QED) is 0.710. The normalized spacial score (nSPS) is 14.7. The standard InChI is InChI=1S/C15H25NOS/c1-4-18-11-10-15(12-17,16-13(2)3)14-8-6-5-7-9-14/h5-9,13,16-17H,4,10-12H2,1-3H3. The molecule has 1 unspecified atom stereocenters. The smallest absolute Gasteiger partial charge is 0.0678 e. The minimum Gasteiger partial charge on any atom is -0.394 e. The zero-order valence-corrected chi connectivity index (χ0v) is 12.5. The van der Waals surface area contributed by atoms with Crippen LogP contribution in [0.3, 0.4) is 0 Å². The molecule has 0 bridgehead atoms. The zero-order valence-electron chi connectivity index (χ0n) is 11.6. The first-order chi connectivity index (χ1) is 8.64. The molecule has 0 aromatic heterocycles. The summed E-state index contributed by atoms with van der Waals surface area (Å²) in [6.07, 6.45) is 0.949. The van der Waals surface area contributed by atoms with Gasteiger partial charge in [0.25, 0.3) is 0 Å². The van der Waals surface area contributed by atoms with Crippen molar-refractivity contribution in [2.24, 2.45) is 0 Å². The lowest BCUT2D eigenvalue weighted by Crippen LogP contribution is -2.49. The van der Waals surface area contributed by atoms with Gasteiger partial charge in [-0.05, 0) is 37.3 Å². The number of rotatable bonds is 8. The van der Waals surface area contributed by atoms with Crippen LogP contribution in [0.4, 0.5) is 0 Å². The number of hydrogen-bond donors (Lipinski definition) is 2. The molecule has 0 fully saturated rings. The molecule has 0 heterocycles. The van der Waals surface area contributed by atoms with Crippen LogP contribution in [0.1, 0.15) is 32.8 Å². The summed E-state index contributed by atoms with van der Waals surface area (Å²) in [4.78, 5) is 0. The van der Waals surface area contributed by atoms with Gasteiger partial charge in [-0.2, -0.15) is 11.8 Å². The van der Waals surface area contributed by atoms with Gasteiger partial charge in [-0.25, -0.2) is 0 Å². The zero-order chi connectivity index (χ0) is 13.4. The Morgan fingerprint density at radius 1 is 1.28 bits per heavy atom. The van der Waals surface area contributed by atoms with Gasteiger partial charge in [0.2, 0.25) is 0 Å². The van der Waals surface area contributed by atoms with E-state index in [0.29, 0.717) is 6.04 Å². The minimum atomic E-state index is -0.308. The Morgan fingerprint density at radius 2 is 1.94 bits per heavy atom. The van der Waals surface area contributed by atoms with Gasteiger partial charge < -0.3 is 10.4 Å². The van der Waals surface area contributed by atoms with Gasteiger partial charge in [0.15, 0.2) is 0 Å². The van der Waals surface area contributed by atoms with E-state index in [-0.39, 0.29) is 12.1 Å².